The van der Waals surface area contributed by atoms with Crippen LogP contribution < -0.4 is 4.74 Å². The summed E-state index contributed by atoms with van der Waals surface area (Å²) in [6.07, 6.45) is 0. The number of hydrogen-bond donors (Lipinski definition) is 0. The summed E-state index contributed by atoms with van der Waals surface area (Å²) in [6, 6.07) is 18.0. The Morgan fingerprint density at radius 1 is 0.938 bits per heavy atom. The van der Waals surface area contributed by atoms with Gasteiger partial charge < -0.3 is 7.59 Å². The van der Waals surface area contributed by atoms with Crippen LogP contribution >= 0.6 is 15.9 Å². The van der Waals surface area contributed by atoms with E-state index in [1.807, 2.05) is 42.5 Å². The largest absolute Gasteiger partial charge is 2.00 e. The van der Waals surface area contributed by atoms with Crippen LogP contribution in [-0.4, -0.2) is 23.1 Å². The molecule has 0 saturated heterocycles. The van der Waals surface area contributed by atoms with Crippen molar-refractivity contribution in [1.29, 1.82) is 0 Å². The van der Waals surface area contributed by atoms with E-state index in [1.165, 1.54) is 5.56 Å². The fraction of sp³-hybridized carbons (Fsp3) is 0.0769. The summed E-state index contributed by atoms with van der Waals surface area (Å²) < 4.78 is 6.69. The SMILES string of the molecule is Brc1ccc(OCc2ccccc2)cc1.[H-].[H-].[Mg+2]. The van der Waals surface area contributed by atoms with Gasteiger partial charge in [-0.15, -0.1) is 0 Å². The molecule has 0 atom stereocenters. The Labute approximate surface area is 123 Å². The molecule has 16 heavy (non-hydrogen) atoms. The number of halogens is 1. The van der Waals surface area contributed by atoms with E-state index in [4.69, 9.17) is 4.74 Å². The third-order valence-electron chi connectivity index (χ3n) is 2.06. The predicted octanol–water partition coefficient (Wildman–Crippen LogP) is 3.87. The predicted molar refractivity (Wildman–Crippen MR) is 72.9 cm³/mol. The molecule has 0 aliphatic heterocycles. The maximum absolute atomic E-state index is 5.63. The molecule has 0 aliphatic carbocycles. The van der Waals surface area contributed by atoms with Crippen molar-refractivity contribution < 1.29 is 7.59 Å². The van der Waals surface area contributed by atoms with Crippen molar-refractivity contribution in [2.24, 2.45) is 0 Å². The third-order valence-corrected chi connectivity index (χ3v) is 2.59. The number of rotatable bonds is 3. The Hall–Kier alpha value is -0.514. The standard InChI is InChI=1S/C13H11BrO.Mg.2H/c14-12-6-8-13(9-7-12)15-10-11-4-2-1-3-5-11;;;/h1-9H,10H2;;;/q;+2;2*-1. The molecule has 2 aromatic carbocycles. The quantitative estimate of drug-likeness (QED) is 0.779. The Bertz CT molecular complexity index is 423. The van der Waals surface area contributed by atoms with Gasteiger partial charge in [-0.3, -0.25) is 0 Å². The molecule has 0 N–H and O–H groups in total. The van der Waals surface area contributed by atoms with Crippen LogP contribution in [0.1, 0.15) is 8.42 Å². The summed E-state index contributed by atoms with van der Waals surface area (Å²) >= 11 is 3.39. The summed E-state index contributed by atoms with van der Waals surface area (Å²) in [6.45, 7) is 0.614. The van der Waals surface area contributed by atoms with Crippen LogP contribution in [0.2, 0.25) is 0 Å². The molecule has 80 valence electrons. The molecular weight excluding hydrogens is 276 g/mol. The molecule has 0 amide bonds. The monoisotopic (exact) mass is 288 g/mol. The van der Waals surface area contributed by atoms with Crippen molar-refractivity contribution in [3.8, 4) is 5.75 Å². The fourth-order valence-corrected chi connectivity index (χ4v) is 1.54. The van der Waals surface area contributed by atoms with E-state index in [1.54, 1.807) is 0 Å². The zero-order valence-electron chi connectivity index (χ0n) is 10.9. The molecule has 0 fully saturated rings. The molecule has 1 nitrogen and oxygen atoms in total. The van der Waals surface area contributed by atoms with Crippen molar-refractivity contribution in [2.45, 2.75) is 6.61 Å². The second-order valence-corrected chi connectivity index (χ2v) is 4.14. The molecule has 0 bridgehead atoms. The van der Waals surface area contributed by atoms with Crippen LogP contribution in [0.25, 0.3) is 0 Å². The molecule has 0 radical (unpaired) electrons. The van der Waals surface area contributed by atoms with Crippen molar-refractivity contribution in [1.82, 2.24) is 0 Å². The van der Waals surface area contributed by atoms with E-state index in [-0.39, 0.29) is 25.9 Å². The van der Waals surface area contributed by atoms with Gasteiger partial charge >= 0.3 is 23.1 Å². The van der Waals surface area contributed by atoms with Crippen LogP contribution in [0.3, 0.4) is 0 Å². The Morgan fingerprint density at radius 3 is 2.19 bits per heavy atom. The summed E-state index contributed by atoms with van der Waals surface area (Å²) in [5, 5.41) is 0. The van der Waals surface area contributed by atoms with Crippen LogP contribution in [-0.2, 0) is 6.61 Å². The van der Waals surface area contributed by atoms with E-state index in [0.717, 1.165) is 10.2 Å². The minimum absolute atomic E-state index is 0. The maximum atomic E-state index is 5.63. The van der Waals surface area contributed by atoms with Crippen LogP contribution in [0.5, 0.6) is 5.75 Å². The molecule has 0 saturated carbocycles. The third kappa shape index (κ3) is 4.16. The van der Waals surface area contributed by atoms with Gasteiger partial charge in [-0.05, 0) is 29.8 Å². The van der Waals surface area contributed by atoms with Crippen LogP contribution in [0, 0.1) is 0 Å². The second kappa shape index (κ2) is 6.94. The first-order chi connectivity index (χ1) is 7.34. The zero-order chi connectivity index (χ0) is 10.5. The minimum Gasteiger partial charge on any atom is -1.00 e. The number of ether oxygens (including phenoxy) is 1. The first kappa shape index (κ1) is 13.6. The Kier molecular flexibility index (Phi) is 5.88. The number of benzene rings is 2. The molecule has 0 heterocycles. The number of hydrogen-bond acceptors (Lipinski definition) is 1. The van der Waals surface area contributed by atoms with Gasteiger partial charge in [0.1, 0.15) is 12.4 Å². The average Bonchev–Trinajstić information content (AvgIpc) is 2.30. The van der Waals surface area contributed by atoms with Gasteiger partial charge in [0, 0.05) is 4.47 Å². The summed E-state index contributed by atoms with van der Waals surface area (Å²) in [5.41, 5.74) is 1.18. The minimum atomic E-state index is 0. The molecule has 0 unspecified atom stereocenters. The van der Waals surface area contributed by atoms with Crippen LogP contribution in [0.4, 0.5) is 0 Å². The summed E-state index contributed by atoms with van der Waals surface area (Å²) in [5.74, 6) is 0.891. The van der Waals surface area contributed by atoms with Gasteiger partial charge in [-0.1, -0.05) is 46.3 Å². The average molecular weight is 289 g/mol. The first-order valence-electron chi connectivity index (χ1n) is 4.77. The van der Waals surface area contributed by atoms with Crippen molar-refractivity contribution in [2.75, 3.05) is 0 Å². The van der Waals surface area contributed by atoms with E-state index < -0.39 is 0 Å². The summed E-state index contributed by atoms with van der Waals surface area (Å²) in [4.78, 5) is 0. The van der Waals surface area contributed by atoms with Gasteiger partial charge in [0.05, 0.1) is 0 Å². The van der Waals surface area contributed by atoms with Crippen molar-refractivity contribution in [3.05, 3.63) is 64.6 Å². The van der Waals surface area contributed by atoms with E-state index in [0.29, 0.717) is 6.61 Å². The summed E-state index contributed by atoms with van der Waals surface area (Å²) in [7, 11) is 0. The van der Waals surface area contributed by atoms with Gasteiger partial charge in [-0.25, -0.2) is 0 Å². The normalized spacial score (nSPS) is 9.31. The molecule has 0 aliphatic rings. The molecule has 2 rings (SSSR count). The Balaban J connectivity index is 0. The van der Waals surface area contributed by atoms with E-state index in [9.17, 15) is 0 Å². The molecule has 3 heteroatoms. The molecule has 0 spiro atoms. The smallest absolute Gasteiger partial charge is 1.00 e. The molecular formula is C13H13BrMgO. The van der Waals surface area contributed by atoms with Gasteiger partial charge in [0.25, 0.3) is 0 Å². The van der Waals surface area contributed by atoms with Crippen molar-refractivity contribution >= 4 is 39.0 Å². The topological polar surface area (TPSA) is 9.23 Å². The van der Waals surface area contributed by atoms with Crippen molar-refractivity contribution in [3.63, 3.8) is 0 Å². The van der Waals surface area contributed by atoms with Gasteiger partial charge in [-0.2, -0.15) is 0 Å². The fourth-order valence-electron chi connectivity index (χ4n) is 1.27. The van der Waals surface area contributed by atoms with E-state index in [2.05, 4.69) is 28.1 Å². The zero-order valence-corrected chi connectivity index (χ0v) is 11.9. The molecule has 2 aromatic rings. The molecule has 0 aromatic heterocycles. The Morgan fingerprint density at radius 2 is 1.56 bits per heavy atom. The van der Waals surface area contributed by atoms with E-state index >= 15 is 0 Å². The van der Waals surface area contributed by atoms with Gasteiger partial charge in [0.15, 0.2) is 0 Å². The maximum Gasteiger partial charge on any atom is 2.00 e. The first-order valence-corrected chi connectivity index (χ1v) is 5.56. The van der Waals surface area contributed by atoms with Gasteiger partial charge in [0.2, 0.25) is 0 Å². The van der Waals surface area contributed by atoms with Crippen LogP contribution in [0.15, 0.2) is 59.1 Å². The second-order valence-electron chi connectivity index (χ2n) is 3.23.